The van der Waals surface area contributed by atoms with Crippen LogP contribution in [0.15, 0.2) is 11.2 Å². The van der Waals surface area contributed by atoms with E-state index in [1.807, 2.05) is 0 Å². The lowest BCUT2D eigenvalue weighted by Crippen LogP contribution is -2.10. The van der Waals surface area contributed by atoms with E-state index in [1.54, 1.807) is 12.4 Å². The van der Waals surface area contributed by atoms with E-state index in [-0.39, 0.29) is 0 Å². The minimum atomic E-state index is 0.816. The first kappa shape index (κ1) is 3.40. The van der Waals surface area contributed by atoms with Crippen LogP contribution in [0.25, 0.3) is 0 Å². The summed E-state index contributed by atoms with van der Waals surface area (Å²) in [6.07, 6.45) is 6.10. The van der Waals surface area contributed by atoms with E-state index in [4.69, 9.17) is 0 Å². The summed E-state index contributed by atoms with van der Waals surface area (Å²) in [6.45, 7) is 0.816. The Morgan fingerprint density at radius 1 is 1.83 bits per heavy atom. The summed E-state index contributed by atoms with van der Waals surface area (Å²) in [5, 5.41) is 2.83. The van der Waals surface area contributed by atoms with Gasteiger partial charge in [0.15, 0.2) is 0 Å². The molecule has 0 unspecified atom stereocenters. The Labute approximate surface area is 36.6 Å². The highest BCUT2D eigenvalue weighted by Crippen LogP contribution is 1.71. The van der Waals surface area contributed by atoms with Gasteiger partial charge in [-0.25, -0.2) is 0 Å². The van der Waals surface area contributed by atoms with Crippen molar-refractivity contribution >= 4 is 6.21 Å². The van der Waals surface area contributed by atoms with Crippen LogP contribution < -0.4 is 5.32 Å². The standard InChI is InChI=1S/C4H5N2/c1-2-6-4-3-5-1/h1,3,6H,2H2. The molecule has 1 aliphatic heterocycles. The maximum Gasteiger partial charge on any atom is 0.0780 e. The number of hydrogen-bond acceptors (Lipinski definition) is 2. The SMILES string of the molecule is [C]1=CN=CCN1. The van der Waals surface area contributed by atoms with Crippen LogP contribution in [0.5, 0.6) is 0 Å². The highest BCUT2D eigenvalue weighted by molar-refractivity contribution is 5.61. The maximum atomic E-state index is 3.75. The van der Waals surface area contributed by atoms with Gasteiger partial charge in [0.1, 0.15) is 0 Å². The summed E-state index contributed by atoms with van der Waals surface area (Å²) in [7, 11) is 0. The van der Waals surface area contributed by atoms with Crippen molar-refractivity contribution in [3.05, 3.63) is 12.4 Å². The van der Waals surface area contributed by atoms with Crippen LogP contribution in [0.4, 0.5) is 0 Å². The van der Waals surface area contributed by atoms with Crippen molar-refractivity contribution in [1.82, 2.24) is 5.32 Å². The minimum absolute atomic E-state index is 0.816. The highest BCUT2D eigenvalue weighted by Gasteiger charge is 1.75. The zero-order valence-corrected chi connectivity index (χ0v) is 3.31. The summed E-state index contributed by atoms with van der Waals surface area (Å²) in [5.74, 6) is 0. The second-order valence-electron chi connectivity index (χ2n) is 0.986. The Morgan fingerprint density at radius 3 is 3.00 bits per heavy atom. The Kier molecular flexibility index (Phi) is 0.906. The van der Waals surface area contributed by atoms with Gasteiger partial charge in [0.2, 0.25) is 0 Å². The van der Waals surface area contributed by atoms with E-state index in [9.17, 15) is 0 Å². The van der Waals surface area contributed by atoms with Crippen molar-refractivity contribution in [2.75, 3.05) is 6.54 Å². The van der Waals surface area contributed by atoms with Gasteiger partial charge in [0.05, 0.1) is 18.9 Å². The van der Waals surface area contributed by atoms with Gasteiger partial charge in [-0.2, -0.15) is 0 Å². The molecule has 6 heavy (non-hydrogen) atoms. The molecule has 0 aromatic rings. The molecule has 0 spiro atoms. The third kappa shape index (κ3) is 0.578. The number of hydrogen-bond donors (Lipinski definition) is 1. The fraction of sp³-hybridized carbons (Fsp3) is 0.250. The van der Waals surface area contributed by atoms with Crippen LogP contribution in [-0.2, 0) is 0 Å². The molecular weight excluding hydrogens is 76.1 g/mol. The maximum absolute atomic E-state index is 3.75. The summed E-state index contributed by atoms with van der Waals surface area (Å²) in [4.78, 5) is 3.75. The van der Waals surface area contributed by atoms with Gasteiger partial charge in [-0.3, -0.25) is 4.99 Å². The molecule has 0 saturated heterocycles. The van der Waals surface area contributed by atoms with E-state index in [2.05, 4.69) is 16.5 Å². The Hall–Kier alpha value is -0.790. The molecule has 0 atom stereocenters. The van der Waals surface area contributed by atoms with Crippen molar-refractivity contribution in [1.29, 1.82) is 0 Å². The first-order chi connectivity index (χ1) is 3.00. The lowest BCUT2D eigenvalue weighted by atomic mass is 10.6. The third-order valence-corrected chi connectivity index (χ3v) is 0.540. The van der Waals surface area contributed by atoms with Gasteiger partial charge in [-0.15, -0.1) is 0 Å². The first-order valence-electron chi connectivity index (χ1n) is 1.82. The topological polar surface area (TPSA) is 24.4 Å². The lowest BCUT2D eigenvalue weighted by Gasteiger charge is -1.92. The molecule has 0 aliphatic carbocycles. The van der Waals surface area contributed by atoms with E-state index in [0.29, 0.717) is 0 Å². The summed E-state index contributed by atoms with van der Waals surface area (Å²) < 4.78 is 0. The molecule has 1 heterocycles. The molecule has 0 aromatic carbocycles. The molecule has 1 rings (SSSR count). The van der Waals surface area contributed by atoms with Crippen LogP contribution in [0.3, 0.4) is 0 Å². The molecule has 0 aromatic heterocycles. The average molecular weight is 81.1 g/mol. The van der Waals surface area contributed by atoms with Crippen molar-refractivity contribution in [3.8, 4) is 0 Å². The van der Waals surface area contributed by atoms with Gasteiger partial charge in [0.25, 0.3) is 0 Å². The predicted octanol–water partition coefficient (Wildman–Crippen LogP) is -0.0652. The normalized spacial score (nSPS) is 17.3. The smallest absolute Gasteiger partial charge is 0.0780 e. The van der Waals surface area contributed by atoms with Crippen molar-refractivity contribution < 1.29 is 0 Å². The van der Waals surface area contributed by atoms with Gasteiger partial charge in [-0.05, 0) is 0 Å². The first-order valence-corrected chi connectivity index (χ1v) is 1.82. The molecule has 2 nitrogen and oxygen atoms in total. The summed E-state index contributed by atoms with van der Waals surface area (Å²) >= 11 is 0. The van der Waals surface area contributed by atoms with Crippen LogP contribution in [0.2, 0.25) is 0 Å². The molecule has 0 amide bonds. The molecule has 0 saturated carbocycles. The van der Waals surface area contributed by atoms with Crippen LogP contribution in [-0.4, -0.2) is 12.8 Å². The molecule has 1 N–H and O–H groups in total. The van der Waals surface area contributed by atoms with E-state index >= 15 is 0 Å². The van der Waals surface area contributed by atoms with Crippen LogP contribution in [0.1, 0.15) is 0 Å². The number of rotatable bonds is 0. The second kappa shape index (κ2) is 1.60. The predicted molar refractivity (Wildman–Crippen MR) is 24.3 cm³/mol. The number of nitrogens with one attached hydrogen (secondary N) is 1. The molecule has 2 heteroatoms. The molecule has 31 valence electrons. The summed E-state index contributed by atoms with van der Waals surface area (Å²) in [5.41, 5.74) is 0. The molecule has 1 aliphatic rings. The molecular formula is C4H5N2. The van der Waals surface area contributed by atoms with Crippen LogP contribution in [0, 0.1) is 6.20 Å². The van der Waals surface area contributed by atoms with Gasteiger partial charge >= 0.3 is 0 Å². The average Bonchev–Trinajstić information content (AvgIpc) is 1.72. The zero-order chi connectivity index (χ0) is 4.24. The quantitative estimate of drug-likeness (QED) is 0.434. The van der Waals surface area contributed by atoms with E-state index in [0.717, 1.165) is 6.54 Å². The fourth-order valence-electron chi connectivity index (χ4n) is 0.293. The monoisotopic (exact) mass is 81.0 g/mol. The molecule has 0 bridgehead atoms. The van der Waals surface area contributed by atoms with Crippen LogP contribution >= 0.6 is 0 Å². The number of nitrogens with zero attached hydrogens (tertiary/aromatic N) is 1. The Morgan fingerprint density at radius 2 is 2.83 bits per heavy atom. The van der Waals surface area contributed by atoms with Gasteiger partial charge < -0.3 is 5.32 Å². The minimum Gasteiger partial charge on any atom is -0.377 e. The second-order valence-corrected chi connectivity index (χ2v) is 0.986. The van der Waals surface area contributed by atoms with Gasteiger partial charge in [-0.1, -0.05) is 0 Å². The van der Waals surface area contributed by atoms with E-state index < -0.39 is 0 Å². The van der Waals surface area contributed by atoms with Crippen molar-refractivity contribution in [3.63, 3.8) is 0 Å². The van der Waals surface area contributed by atoms with Gasteiger partial charge in [0, 0.05) is 6.21 Å². The van der Waals surface area contributed by atoms with Crippen molar-refractivity contribution in [2.45, 2.75) is 0 Å². The largest absolute Gasteiger partial charge is 0.377 e. The van der Waals surface area contributed by atoms with E-state index in [1.165, 1.54) is 0 Å². The lowest BCUT2D eigenvalue weighted by molar-refractivity contribution is 0.971. The summed E-state index contributed by atoms with van der Waals surface area (Å²) in [6, 6.07) is 0. The van der Waals surface area contributed by atoms with Crippen molar-refractivity contribution in [2.24, 2.45) is 4.99 Å². The number of aliphatic imine (C=N–C) groups is 1. The zero-order valence-electron chi connectivity index (χ0n) is 3.31. The fourth-order valence-corrected chi connectivity index (χ4v) is 0.293. The third-order valence-electron chi connectivity index (χ3n) is 0.540. The molecule has 1 radical (unpaired) electrons. The Bertz CT molecular complexity index is 71.5. The molecule has 0 fully saturated rings. The Balaban J connectivity index is 2.46. The highest BCUT2D eigenvalue weighted by atomic mass is 14.9.